The van der Waals surface area contributed by atoms with Crippen LogP contribution < -0.4 is 11.1 Å². The Morgan fingerprint density at radius 2 is 1.90 bits per heavy atom. The third kappa shape index (κ3) is 4.71. The number of sulfonamides is 1. The number of carbonyl (C=O) groups excluding carboxylic acids is 1. The minimum absolute atomic E-state index is 0.0281. The fraction of sp³-hybridized carbons (Fsp3) is 0.923. The molecular formula is C13H27N3O3S. The highest BCUT2D eigenvalue weighted by atomic mass is 32.2. The largest absolute Gasteiger partial charge is 0.352 e. The second kappa shape index (κ2) is 7.38. The number of piperidine rings is 1. The van der Waals surface area contributed by atoms with Crippen molar-refractivity contribution in [3.63, 3.8) is 0 Å². The van der Waals surface area contributed by atoms with Crippen LogP contribution >= 0.6 is 0 Å². The Kier molecular flexibility index (Phi) is 6.42. The first-order valence-corrected chi connectivity index (χ1v) is 8.92. The van der Waals surface area contributed by atoms with Gasteiger partial charge in [0.05, 0.1) is 11.8 Å². The number of rotatable bonds is 6. The smallest absolute Gasteiger partial charge is 0.237 e. The van der Waals surface area contributed by atoms with E-state index in [9.17, 15) is 13.2 Å². The van der Waals surface area contributed by atoms with Gasteiger partial charge in [0.25, 0.3) is 0 Å². The van der Waals surface area contributed by atoms with E-state index in [1.807, 2.05) is 20.8 Å². The molecule has 0 aromatic rings. The maximum absolute atomic E-state index is 11.9. The Hall–Kier alpha value is -0.660. The first kappa shape index (κ1) is 17.4. The van der Waals surface area contributed by atoms with Crippen LogP contribution in [0.5, 0.6) is 0 Å². The Labute approximate surface area is 122 Å². The van der Waals surface area contributed by atoms with Crippen molar-refractivity contribution in [2.75, 3.05) is 18.8 Å². The van der Waals surface area contributed by atoms with E-state index < -0.39 is 16.1 Å². The lowest BCUT2D eigenvalue weighted by atomic mass is 10.0. The monoisotopic (exact) mass is 305 g/mol. The fourth-order valence-corrected chi connectivity index (χ4v) is 3.81. The Morgan fingerprint density at radius 3 is 2.35 bits per heavy atom. The molecule has 0 aromatic carbocycles. The molecule has 1 amide bonds. The molecule has 0 radical (unpaired) electrons. The molecule has 0 aliphatic carbocycles. The van der Waals surface area contributed by atoms with Gasteiger partial charge in [-0.1, -0.05) is 20.8 Å². The molecule has 3 N–H and O–H groups in total. The summed E-state index contributed by atoms with van der Waals surface area (Å²) in [6.45, 7) is 6.63. The van der Waals surface area contributed by atoms with Gasteiger partial charge in [-0.15, -0.1) is 0 Å². The summed E-state index contributed by atoms with van der Waals surface area (Å²) in [6, 6.07) is -0.475. The second-order valence-electron chi connectivity index (χ2n) is 5.77. The molecule has 0 aromatic heterocycles. The van der Waals surface area contributed by atoms with Gasteiger partial charge in [0.15, 0.2) is 0 Å². The van der Waals surface area contributed by atoms with Gasteiger partial charge >= 0.3 is 0 Å². The number of nitrogens with zero attached hydrogens (tertiary/aromatic N) is 1. The predicted octanol–water partition coefficient (Wildman–Crippen LogP) is 0.290. The van der Waals surface area contributed by atoms with Crippen LogP contribution in [0.1, 0.15) is 40.0 Å². The highest BCUT2D eigenvalue weighted by Gasteiger charge is 2.29. The van der Waals surface area contributed by atoms with Gasteiger partial charge in [0.1, 0.15) is 0 Å². The normalized spacial score (nSPS) is 20.1. The van der Waals surface area contributed by atoms with Gasteiger partial charge in [0, 0.05) is 19.1 Å². The van der Waals surface area contributed by atoms with Crippen molar-refractivity contribution in [2.24, 2.45) is 11.7 Å². The SMILES string of the molecule is CCCS(=O)(=O)N1CCC(NC(=O)[C@H](N)C(C)C)CC1. The molecule has 20 heavy (non-hydrogen) atoms. The summed E-state index contributed by atoms with van der Waals surface area (Å²) in [7, 11) is -3.12. The molecule has 0 spiro atoms. The van der Waals surface area contributed by atoms with Crippen LogP contribution in [0.25, 0.3) is 0 Å². The molecule has 0 bridgehead atoms. The molecule has 1 fully saturated rings. The topological polar surface area (TPSA) is 92.5 Å². The standard InChI is InChI=1S/C13H27N3O3S/c1-4-9-20(18,19)16-7-5-11(6-8-16)15-13(17)12(14)10(2)3/h10-12H,4-9,14H2,1-3H3,(H,15,17)/t12-/m1/s1. The maximum atomic E-state index is 11.9. The van der Waals surface area contributed by atoms with E-state index in [2.05, 4.69) is 5.32 Å². The summed E-state index contributed by atoms with van der Waals surface area (Å²) in [6.07, 6.45) is 1.93. The Bertz CT molecular complexity index is 415. The average molecular weight is 305 g/mol. The van der Waals surface area contributed by atoms with E-state index in [0.717, 1.165) is 0 Å². The highest BCUT2D eigenvalue weighted by Crippen LogP contribution is 2.15. The van der Waals surface area contributed by atoms with Crippen LogP contribution in [0.4, 0.5) is 0 Å². The predicted molar refractivity (Wildman–Crippen MR) is 79.6 cm³/mol. The lowest BCUT2D eigenvalue weighted by molar-refractivity contribution is -0.124. The molecule has 6 nitrogen and oxygen atoms in total. The van der Waals surface area contributed by atoms with Crippen LogP contribution in [-0.4, -0.2) is 49.6 Å². The van der Waals surface area contributed by atoms with E-state index in [1.54, 1.807) is 0 Å². The van der Waals surface area contributed by atoms with Crippen molar-refractivity contribution in [3.05, 3.63) is 0 Å². The summed E-state index contributed by atoms with van der Waals surface area (Å²) in [5.41, 5.74) is 5.79. The van der Waals surface area contributed by atoms with Crippen molar-refractivity contribution in [1.82, 2.24) is 9.62 Å². The van der Waals surface area contributed by atoms with Gasteiger partial charge in [-0.05, 0) is 25.2 Å². The molecule has 1 aliphatic rings. The summed E-state index contributed by atoms with van der Waals surface area (Å²) in [5.74, 6) is 0.150. The number of nitrogens with one attached hydrogen (secondary N) is 1. The first-order chi connectivity index (χ1) is 9.27. The van der Waals surface area contributed by atoms with Gasteiger partial charge in [-0.3, -0.25) is 4.79 Å². The molecule has 1 atom stereocenters. The van der Waals surface area contributed by atoms with E-state index >= 15 is 0 Å². The van der Waals surface area contributed by atoms with E-state index in [4.69, 9.17) is 5.73 Å². The van der Waals surface area contributed by atoms with E-state index in [-0.39, 0.29) is 23.6 Å². The van der Waals surface area contributed by atoms with Gasteiger partial charge < -0.3 is 11.1 Å². The molecular weight excluding hydrogens is 278 g/mol. The van der Waals surface area contributed by atoms with Crippen molar-refractivity contribution < 1.29 is 13.2 Å². The van der Waals surface area contributed by atoms with E-state index in [0.29, 0.717) is 32.4 Å². The number of amides is 1. The van der Waals surface area contributed by atoms with Crippen LogP contribution in [-0.2, 0) is 14.8 Å². The zero-order chi connectivity index (χ0) is 15.3. The molecule has 1 heterocycles. The van der Waals surface area contributed by atoms with Crippen LogP contribution in [0, 0.1) is 5.92 Å². The lowest BCUT2D eigenvalue weighted by Crippen LogP contribution is -2.51. The molecule has 0 unspecified atom stereocenters. The number of hydrogen-bond acceptors (Lipinski definition) is 4. The molecule has 0 saturated carbocycles. The molecule has 118 valence electrons. The Balaban J connectivity index is 2.45. The number of carbonyl (C=O) groups is 1. The Morgan fingerprint density at radius 1 is 1.35 bits per heavy atom. The fourth-order valence-electron chi connectivity index (χ4n) is 2.27. The van der Waals surface area contributed by atoms with Crippen molar-refractivity contribution >= 4 is 15.9 Å². The third-order valence-electron chi connectivity index (χ3n) is 3.68. The zero-order valence-corrected chi connectivity index (χ0v) is 13.4. The van der Waals surface area contributed by atoms with Crippen LogP contribution in [0.2, 0.25) is 0 Å². The summed E-state index contributed by atoms with van der Waals surface area (Å²) < 4.78 is 25.4. The van der Waals surface area contributed by atoms with Crippen molar-refractivity contribution in [2.45, 2.75) is 52.1 Å². The summed E-state index contributed by atoms with van der Waals surface area (Å²) in [5, 5.41) is 2.92. The summed E-state index contributed by atoms with van der Waals surface area (Å²) in [4.78, 5) is 11.9. The number of nitrogens with two attached hydrogens (primary N) is 1. The summed E-state index contributed by atoms with van der Waals surface area (Å²) >= 11 is 0. The zero-order valence-electron chi connectivity index (χ0n) is 12.6. The average Bonchev–Trinajstić information content (AvgIpc) is 2.38. The van der Waals surface area contributed by atoms with E-state index in [1.165, 1.54) is 4.31 Å². The maximum Gasteiger partial charge on any atom is 0.237 e. The molecule has 7 heteroatoms. The minimum atomic E-state index is -3.12. The molecule has 1 saturated heterocycles. The molecule has 1 aliphatic heterocycles. The second-order valence-corrected chi connectivity index (χ2v) is 7.86. The van der Waals surface area contributed by atoms with Crippen LogP contribution in [0.15, 0.2) is 0 Å². The van der Waals surface area contributed by atoms with Gasteiger partial charge in [-0.2, -0.15) is 0 Å². The highest BCUT2D eigenvalue weighted by molar-refractivity contribution is 7.89. The molecule has 1 rings (SSSR count). The lowest BCUT2D eigenvalue weighted by Gasteiger charge is -2.32. The van der Waals surface area contributed by atoms with Crippen molar-refractivity contribution in [1.29, 1.82) is 0 Å². The van der Waals surface area contributed by atoms with Gasteiger partial charge in [0.2, 0.25) is 15.9 Å². The number of hydrogen-bond donors (Lipinski definition) is 2. The van der Waals surface area contributed by atoms with Crippen molar-refractivity contribution in [3.8, 4) is 0 Å². The first-order valence-electron chi connectivity index (χ1n) is 7.31. The van der Waals surface area contributed by atoms with Gasteiger partial charge in [-0.25, -0.2) is 12.7 Å². The third-order valence-corrected chi connectivity index (χ3v) is 5.75. The minimum Gasteiger partial charge on any atom is -0.352 e. The quantitative estimate of drug-likeness (QED) is 0.737. The van der Waals surface area contributed by atoms with Crippen LogP contribution in [0.3, 0.4) is 0 Å².